The number of halogens is 1. The molecule has 8 heteroatoms. The minimum atomic E-state index is -3.91. The number of para-hydroxylation sites is 1. The van der Waals surface area contributed by atoms with E-state index >= 15 is 0 Å². The van der Waals surface area contributed by atoms with Crippen molar-refractivity contribution in [2.45, 2.75) is 17.7 Å². The summed E-state index contributed by atoms with van der Waals surface area (Å²) in [4.78, 5) is 15.1. The number of sulfonamides is 1. The second-order valence-electron chi connectivity index (χ2n) is 7.50. The molecule has 0 bridgehead atoms. The van der Waals surface area contributed by atoms with Crippen molar-refractivity contribution < 1.29 is 17.9 Å². The minimum Gasteiger partial charge on any atom is -0.497 e. The average Bonchev–Trinajstić information content (AvgIpc) is 2.83. The fourth-order valence-corrected chi connectivity index (χ4v) is 5.23. The van der Waals surface area contributed by atoms with Gasteiger partial charge >= 0.3 is 0 Å². The number of ether oxygens (including phenoxy) is 1. The quantitative estimate of drug-likeness (QED) is 0.539. The Morgan fingerprint density at radius 1 is 1.06 bits per heavy atom. The summed E-state index contributed by atoms with van der Waals surface area (Å²) in [6, 6.07) is 18.7. The third kappa shape index (κ3) is 4.06. The van der Waals surface area contributed by atoms with Gasteiger partial charge in [-0.25, -0.2) is 8.42 Å². The highest BCUT2D eigenvalue weighted by Crippen LogP contribution is 2.31. The lowest BCUT2D eigenvalue weighted by atomic mass is 10.0. The fraction of sp³-hybridized carbons (Fsp3) is 0.208. The van der Waals surface area contributed by atoms with Gasteiger partial charge in [0.1, 0.15) is 5.75 Å². The van der Waals surface area contributed by atoms with E-state index in [9.17, 15) is 13.2 Å². The van der Waals surface area contributed by atoms with Crippen LogP contribution in [0, 0.1) is 0 Å². The maximum Gasteiger partial charge on any atom is 0.264 e. The molecule has 1 heterocycles. The molecule has 3 aromatic rings. The molecule has 166 valence electrons. The fourth-order valence-electron chi connectivity index (χ4n) is 3.81. The van der Waals surface area contributed by atoms with E-state index in [1.54, 1.807) is 36.3 Å². The van der Waals surface area contributed by atoms with Crippen LogP contribution in [0.3, 0.4) is 0 Å². The molecular weight excluding hydrogens is 448 g/mol. The standard InChI is InChI=1S/C24H23ClN2O4S/c1-26(18-9-11-19(31-2)12-10-18)32(29,30)20-13-14-22(25)21(16-20)24(28)27-15-5-7-17-6-3-4-8-23(17)27/h3-4,6,8-14,16H,5,7,15H2,1-2H3. The lowest BCUT2D eigenvalue weighted by Crippen LogP contribution is -2.35. The molecule has 0 unspecified atom stereocenters. The van der Waals surface area contributed by atoms with E-state index in [-0.39, 0.29) is 21.4 Å². The Morgan fingerprint density at radius 2 is 1.78 bits per heavy atom. The van der Waals surface area contributed by atoms with Gasteiger partial charge < -0.3 is 9.64 Å². The van der Waals surface area contributed by atoms with Crippen LogP contribution in [0.15, 0.2) is 71.6 Å². The van der Waals surface area contributed by atoms with Crippen LogP contribution in [0.5, 0.6) is 5.75 Å². The number of hydrogen-bond donors (Lipinski definition) is 0. The number of benzene rings is 3. The first-order valence-electron chi connectivity index (χ1n) is 10.2. The van der Waals surface area contributed by atoms with Gasteiger partial charge in [0.05, 0.1) is 28.3 Å². The van der Waals surface area contributed by atoms with Crippen molar-refractivity contribution in [2.24, 2.45) is 0 Å². The monoisotopic (exact) mass is 470 g/mol. The van der Waals surface area contributed by atoms with Gasteiger partial charge in [0, 0.05) is 19.3 Å². The number of hydrogen-bond acceptors (Lipinski definition) is 4. The molecule has 0 N–H and O–H groups in total. The Balaban J connectivity index is 1.69. The number of rotatable bonds is 5. The smallest absolute Gasteiger partial charge is 0.264 e. The van der Waals surface area contributed by atoms with Crippen LogP contribution in [0.25, 0.3) is 0 Å². The summed E-state index contributed by atoms with van der Waals surface area (Å²) >= 11 is 6.35. The van der Waals surface area contributed by atoms with E-state index in [2.05, 4.69) is 0 Å². The zero-order valence-corrected chi connectivity index (χ0v) is 19.4. The van der Waals surface area contributed by atoms with Crippen molar-refractivity contribution in [1.29, 1.82) is 0 Å². The minimum absolute atomic E-state index is 0.00568. The number of carbonyl (C=O) groups excluding carboxylic acids is 1. The van der Waals surface area contributed by atoms with Crippen LogP contribution < -0.4 is 13.9 Å². The highest BCUT2D eigenvalue weighted by molar-refractivity contribution is 7.92. The van der Waals surface area contributed by atoms with Crippen molar-refractivity contribution in [3.8, 4) is 5.75 Å². The first-order chi connectivity index (χ1) is 15.3. The van der Waals surface area contributed by atoms with Crippen molar-refractivity contribution in [2.75, 3.05) is 29.9 Å². The van der Waals surface area contributed by atoms with Crippen LogP contribution in [0.1, 0.15) is 22.3 Å². The van der Waals surface area contributed by atoms with E-state index in [4.69, 9.17) is 16.3 Å². The van der Waals surface area contributed by atoms with Crippen LogP contribution in [0.2, 0.25) is 5.02 Å². The molecule has 0 saturated carbocycles. The van der Waals surface area contributed by atoms with Crippen molar-refractivity contribution in [1.82, 2.24) is 0 Å². The first kappa shape index (κ1) is 22.2. The third-order valence-corrected chi connectivity index (χ3v) is 7.73. The zero-order valence-electron chi connectivity index (χ0n) is 17.8. The number of amides is 1. The van der Waals surface area contributed by atoms with Crippen LogP contribution in [-0.4, -0.2) is 35.0 Å². The Morgan fingerprint density at radius 3 is 2.50 bits per heavy atom. The van der Waals surface area contributed by atoms with Gasteiger partial charge in [0.25, 0.3) is 15.9 Å². The molecule has 3 aromatic carbocycles. The third-order valence-electron chi connectivity index (χ3n) is 5.62. The van der Waals surface area contributed by atoms with Crippen molar-refractivity contribution >= 4 is 38.9 Å². The van der Waals surface area contributed by atoms with Gasteiger partial charge in [-0.05, 0) is 66.9 Å². The summed E-state index contributed by atoms with van der Waals surface area (Å²) in [5, 5.41) is 0.212. The van der Waals surface area contributed by atoms with Gasteiger partial charge in [-0.1, -0.05) is 29.8 Å². The van der Waals surface area contributed by atoms with E-state index < -0.39 is 10.0 Å². The van der Waals surface area contributed by atoms with Gasteiger partial charge in [0.2, 0.25) is 0 Å². The van der Waals surface area contributed by atoms with Gasteiger partial charge in [-0.2, -0.15) is 0 Å². The Hall–Kier alpha value is -3.03. The average molecular weight is 471 g/mol. The van der Waals surface area contributed by atoms with Crippen molar-refractivity contribution in [3.05, 3.63) is 82.9 Å². The molecule has 0 aromatic heterocycles. The Labute approximate surface area is 193 Å². The highest BCUT2D eigenvalue weighted by Gasteiger charge is 2.28. The summed E-state index contributed by atoms with van der Waals surface area (Å²) in [6.07, 6.45) is 1.73. The largest absolute Gasteiger partial charge is 0.497 e. The zero-order chi connectivity index (χ0) is 22.9. The molecule has 0 radical (unpaired) electrons. The topological polar surface area (TPSA) is 66.9 Å². The maximum absolute atomic E-state index is 13.4. The predicted molar refractivity (Wildman–Crippen MR) is 126 cm³/mol. The van der Waals surface area contributed by atoms with Gasteiger partial charge in [-0.3, -0.25) is 9.10 Å². The molecular formula is C24H23ClN2O4S. The molecule has 32 heavy (non-hydrogen) atoms. The van der Waals surface area contributed by atoms with Crippen LogP contribution >= 0.6 is 11.6 Å². The molecule has 0 atom stereocenters. The molecule has 0 aliphatic carbocycles. The van der Waals surface area contributed by atoms with E-state index in [1.165, 1.54) is 29.6 Å². The number of carbonyl (C=O) groups is 1. The normalized spacial score (nSPS) is 13.4. The summed E-state index contributed by atoms with van der Waals surface area (Å²) in [5.74, 6) is 0.312. The lowest BCUT2D eigenvalue weighted by molar-refractivity contribution is 0.0985. The number of anilines is 2. The van der Waals surface area contributed by atoms with Gasteiger partial charge in [0.15, 0.2) is 0 Å². The summed E-state index contributed by atoms with van der Waals surface area (Å²) in [7, 11) is -0.902. The molecule has 0 fully saturated rings. The first-order valence-corrected chi connectivity index (χ1v) is 12.0. The molecule has 1 aliphatic rings. The number of nitrogens with zero attached hydrogens (tertiary/aromatic N) is 2. The second-order valence-corrected chi connectivity index (χ2v) is 9.88. The molecule has 1 aliphatic heterocycles. The molecule has 1 amide bonds. The second kappa shape index (κ2) is 8.84. The molecule has 0 spiro atoms. The molecule has 4 rings (SSSR count). The predicted octanol–water partition coefficient (Wildman–Crippen LogP) is 4.77. The van der Waals surface area contributed by atoms with E-state index in [0.717, 1.165) is 24.1 Å². The SMILES string of the molecule is COc1ccc(N(C)S(=O)(=O)c2ccc(Cl)c(C(=O)N3CCCc4ccccc43)c2)cc1. The summed E-state index contributed by atoms with van der Waals surface area (Å²) < 4.78 is 32.8. The molecule has 0 saturated heterocycles. The number of methoxy groups -OCH3 is 1. The summed E-state index contributed by atoms with van der Waals surface area (Å²) in [6.45, 7) is 0.551. The van der Waals surface area contributed by atoms with Crippen LogP contribution in [0.4, 0.5) is 11.4 Å². The molecule has 6 nitrogen and oxygen atoms in total. The van der Waals surface area contributed by atoms with E-state index in [0.29, 0.717) is 18.0 Å². The van der Waals surface area contributed by atoms with E-state index in [1.807, 2.05) is 24.3 Å². The van der Waals surface area contributed by atoms with Crippen LogP contribution in [-0.2, 0) is 16.4 Å². The Bertz CT molecular complexity index is 1260. The van der Waals surface area contributed by atoms with Gasteiger partial charge in [-0.15, -0.1) is 0 Å². The number of aryl methyl sites for hydroxylation is 1. The summed E-state index contributed by atoms with van der Waals surface area (Å²) in [5.41, 5.74) is 2.56. The Kier molecular flexibility index (Phi) is 6.13. The van der Waals surface area contributed by atoms with Crippen molar-refractivity contribution in [3.63, 3.8) is 0 Å². The number of fused-ring (bicyclic) bond motifs is 1. The maximum atomic E-state index is 13.4. The lowest BCUT2D eigenvalue weighted by Gasteiger charge is -2.30. The highest BCUT2D eigenvalue weighted by atomic mass is 35.5.